The quantitative estimate of drug-likeness (QED) is 0.323. The molecule has 0 atom stereocenters. The molecule has 1 saturated heterocycles. The second kappa shape index (κ2) is 10.1. The Balaban J connectivity index is 1.44. The number of carbonyl (C=O) groups excluding carboxylic acids is 3. The van der Waals surface area contributed by atoms with Crippen molar-refractivity contribution in [1.29, 1.82) is 0 Å². The number of halogens is 1. The predicted molar refractivity (Wildman–Crippen MR) is 130 cm³/mol. The van der Waals surface area contributed by atoms with Crippen molar-refractivity contribution < 1.29 is 23.5 Å². The van der Waals surface area contributed by atoms with Gasteiger partial charge in [-0.05, 0) is 72.4 Å². The molecule has 3 aromatic carbocycles. The molecule has 170 valence electrons. The molecule has 0 aromatic heterocycles. The summed E-state index contributed by atoms with van der Waals surface area (Å²) in [6, 6.07) is 20.7. The third-order valence-corrected chi connectivity index (χ3v) is 5.09. The smallest absolute Gasteiger partial charge is 0.270 e. The van der Waals surface area contributed by atoms with E-state index in [2.05, 4.69) is 10.6 Å². The highest BCUT2D eigenvalue weighted by atomic mass is 32.1. The molecule has 34 heavy (non-hydrogen) atoms. The summed E-state index contributed by atoms with van der Waals surface area (Å²) in [5.41, 5.74) is 1.43. The highest BCUT2D eigenvalue weighted by molar-refractivity contribution is 7.80. The van der Waals surface area contributed by atoms with Crippen LogP contribution in [0.25, 0.3) is 6.08 Å². The van der Waals surface area contributed by atoms with Crippen molar-refractivity contribution in [3.8, 4) is 5.75 Å². The molecular formula is C25H18FN3O4S. The first-order valence-electron chi connectivity index (χ1n) is 10.2. The van der Waals surface area contributed by atoms with Crippen LogP contribution < -0.4 is 20.3 Å². The summed E-state index contributed by atoms with van der Waals surface area (Å²) < 4.78 is 18.7. The Labute approximate surface area is 199 Å². The lowest BCUT2D eigenvalue weighted by Gasteiger charge is -2.28. The maximum atomic E-state index is 13.3. The second-order valence-electron chi connectivity index (χ2n) is 7.21. The van der Waals surface area contributed by atoms with E-state index in [1.165, 1.54) is 30.3 Å². The maximum absolute atomic E-state index is 13.3. The molecule has 0 bridgehead atoms. The summed E-state index contributed by atoms with van der Waals surface area (Å²) in [5.74, 6) is -1.58. The monoisotopic (exact) mass is 475 g/mol. The third kappa shape index (κ3) is 5.33. The van der Waals surface area contributed by atoms with Gasteiger partial charge in [-0.3, -0.25) is 24.6 Å². The Morgan fingerprint density at radius 1 is 1.00 bits per heavy atom. The lowest BCUT2D eigenvalue weighted by Crippen LogP contribution is -2.54. The van der Waals surface area contributed by atoms with E-state index < -0.39 is 17.6 Å². The zero-order valence-electron chi connectivity index (χ0n) is 17.7. The first kappa shape index (κ1) is 22.8. The molecule has 2 N–H and O–H groups in total. The van der Waals surface area contributed by atoms with E-state index in [0.29, 0.717) is 22.7 Å². The van der Waals surface area contributed by atoms with Crippen LogP contribution in [0.1, 0.15) is 5.56 Å². The summed E-state index contributed by atoms with van der Waals surface area (Å²) in [6.07, 6.45) is 1.42. The van der Waals surface area contributed by atoms with Gasteiger partial charge in [0, 0.05) is 5.69 Å². The topological polar surface area (TPSA) is 87.7 Å². The molecule has 1 aliphatic heterocycles. The van der Waals surface area contributed by atoms with E-state index in [4.69, 9.17) is 17.0 Å². The largest absolute Gasteiger partial charge is 0.484 e. The van der Waals surface area contributed by atoms with E-state index >= 15 is 0 Å². The van der Waals surface area contributed by atoms with Crippen LogP contribution in [0.2, 0.25) is 0 Å². The number of ether oxygens (including phenoxy) is 1. The van der Waals surface area contributed by atoms with Gasteiger partial charge in [0.05, 0.1) is 5.69 Å². The van der Waals surface area contributed by atoms with Crippen LogP contribution in [-0.4, -0.2) is 29.4 Å². The SMILES string of the molecule is O=C(COc1ccc(/C=C2/C(=O)NC(=S)N(c3ccc(F)cc3)C2=O)cc1)Nc1ccccc1. The van der Waals surface area contributed by atoms with Gasteiger partial charge in [-0.2, -0.15) is 0 Å². The van der Waals surface area contributed by atoms with Crippen LogP contribution >= 0.6 is 12.2 Å². The number of amides is 3. The fourth-order valence-corrected chi connectivity index (χ4v) is 3.46. The number of thiocarbonyl (C=S) groups is 1. The van der Waals surface area contributed by atoms with Crippen molar-refractivity contribution in [3.05, 3.63) is 95.8 Å². The van der Waals surface area contributed by atoms with E-state index in [1.54, 1.807) is 36.4 Å². The average molecular weight is 476 g/mol. The van der Waals surface area contributed by atoms with E-state index in [-0.39, 0.29) is 23.2 Å². The summed E-state index contributed by atoms with van der Waals surface area (Å²) in [5, 5.41) is 5.11. The second-order valence-corrected chi connectivity index (χ2v) is 7.59. The van der Waals surface area contributed by atoms with Gasteiger partial charge in [0.15, 0.2) is 11.7 Å². The minimum absolute atomic E-state index is 0.0868. The van der Waals surface area contributed by atoms with E-state index in [9.17, 15) is 18.8 Å². The van der Waals surface area contributed by atoms with Gasteiger partial charge in [0.2, 0.25) is 0 Å². The van der Waals surface area contributed by atoms with Crippen LogP contribution in [0.3, 0.4) is 0 Å². The fourth-order valence-electron chi connectivity index (χ4n) is 3.18. The number of nitrogens with zero attached hydrogens (tertiary/aromatic N) is 1. The number of benzene rings is 3. The lowest BCUT2D eigenvalue weighted by molar-refractivity contribution is -0.122. The van der Waals surface area contributed by atoms with Crippen molar-refractivity contribution in [2.45, 2.75) is 0 Å². The number of hydrogen-bond acceptors (Lipinski definition) is 5. The predicted octanol–water partition coefficient (Wildman–Crippen LogP) is 3.67. The molecule has 0 saturated carbocycles. The summed E-state index contributed by atoms with van der Waals surface area (Å²) in [4.78, 5) is 38.5. The summed E-state index contributed by atoms with van der Waals surface area (Å²) in [7, 11) is 0. The Kier molecular flexibility index (Phi) is 6.74. The molecule has 1 heterocycles. The molecule has 3 amide bonds. The number of carbonyl (C=O) groups is 3. The van der Waals surface area contributed by atoms with Gasteiger partial charge >= 0.3 is 0 Å². The molecule has 1 aliphatic rings. The first-order valence-corrected chi connectivity index (χ1v) is 10.6. The lowest BCUT2D eigenvalue weighted by atomic mass is 10.1. The van der Waals surface area contributed by atoms with E-state index in [0.717, 1.165) is 4.90 Å². The Bertz CT molecular complexity index is 1280. The van der Waals surface area contributed by atoms with Crippen molar-refractivity contribution in [2.75, 3.05) is 16.8 Å². The minimum Gasteiger partial charge on any atom is -0.484 e. The Morgan fingerprint density at radius 2 is 1.68 bits per heavy atom. The fraction of sp³-hybridized carbons (Fsp3) is 0.0400. The van der Waals surface area contributed by atoms with Gasteiger partial charge in [-0.1, -0.05) is 30.3 Å². The number of nitrogens with one attached hydrogen (secondary N) is 2. The van der Waals surface area contributed by atoms with Gasteiger partial charge < -0.3 is 10.1 Å². The van der Waals surface area contributed by atoms with Gasteiger partial charge in [-0.25, -0.2) is 4.39 Å². The maximum Gasteiger partial charge on any atom is 0.270 e. The van der Waals surface area contributed by atoms with E-state index in [1.807, 2.05) is 18.2 Å². The van der Waals surface area contributed by atoms with Gasteiger partial charge in [0.1, 0.15) is 17.1 Å². The average Bonchev–Trinajstić information content (AvgIpc) is 2.83. The minimum atomic E-state index is -0.633. The number of para-hydroxylation sites is 1. The highest BCUT2D eigenvalue weighted by Gasteiger charge is 2.34. The molecule has 0 spiro atoms. The Morgan fingerprint density at radius 3 is 2.35 bits per heavy atom. The molecule has 0 radical (unpaired) electrons. The van der Waals surface area contributed by atoms with Crippen molar-refractivity contribution >= 4 is 52.5 Å². The number of rotatable bonds is 6. The molecule has 9 heteroatoms. The third-order valence-electron chi connectivity index (χ3n) is 4.81. The normalized spacial score (nSPS) is 14.7. The standard InChI is InChI=1S/C25H18FN3O4S/c26-17-8-10-19(11-9-17)29-24(32)21(23(31)28-25(29)34)14-16-6-12-20(13-7-16)33-15-22(30)27-18-4-2-1-3-5-18/h1-14H,15H2,(H,27,30)(H,28,31,34)/b21-14-. The molecule has 0 unspecified atom stereocenters. The molecule has 0 aliphatic carbocycles. The van der Waals surface area contributed by atoms with Crippen LogP contribution in [0.4, 0.5) is 15.8 Å². The van der Waals surface area contributed by atoms with Crippen molar-refractivity contribution in [2.24, 2.45) is 0 Å². The molecule has 7 nitrogen and oxygen atoms in total. The Hall–Kier alpha value is -4.37. The first-order chi connectivity index (χ1) is 16.4. The van der Waals surface area contributed by atoms with Gasteiger partial charge in [0.25, 0.3) is 17.7 Å². The van der Waals surface area contributed by atoms with Crippen molar-refractivity contribution in [1.82, 2.24) is 5.32 Å². The summed E-state index contributed by atoms with van der Waals surface area (Å²) in [6.45, 7) is -0.180. The summed E-state index contributed by atoms with van der Waals surface area (Å²) >= 11 is 5.12. The van der Waals surface area contributed by atoms with Crippen LogP contribution in [0.15, 0.2) is 84.4 Å². The molecule has 3 aromatic rings. The number of anilines is 2. The zero-order chi connectivity index (χ0) is 24.1. The van der Waals surface area contributed by atoms with Crippen LogP contribution in [0, 0.1) is 5.82 Å². The molecular weight excluding hydrogens is 457 g/mol. The molecule has 1 fully saturated rings. The van der Waals surface area contributed by atoms with Crippen LogP contribution in [0.5, 0.6) is 5.75 Å². The number of hydrogen-bond donors (Lipinski definition) is 2. The van der Waals surface area contributed by atoms with Crippen LogP contribution in [-0.2, 0) is 14.4 Å². The molecule has 4 rings (SSSR count). The van der Waals surface area contributed by atoms with Crippen molar-refractivity contribution in [3.63, 3.8) is 0 Å². The zero-order valence-corrected chi connectivity index (χ0v) is 18.5. The van der Waals surface area contributed by atoms with Gasteiger partial charge in [-0.15, -0.1) is 0 Å². The highest BCUT2D eigenvalue weighted by Crippen LogP contribution is 2.23.